The average Bonchev–Trinajstić information content (AvgIpc) is 3.73. The summed E-state index contributed by atoms with van der Waals surface area (Å²) in [6.07, 6.45) is 9.34. The molecule has 0 radical (unpaired) electrons. The molecule has 1 aliphatic heterocycles. The average molecular weight is 858 g/mol. The van der Waals surface area contributed by atoms with Crippen LogP contribution in [0.25, 0.3) is 22.5 Å². The van der Waals surface area contributed by atoms with Crippen molar-refractivity contribution < 1.29 is 33.2 Å². The number of carbonyl (C=O) groups excluding carboxylic acids is 4. The molecule has 332 valence electrons. The van der Waals surface area contributed by atoms with Crippen LogP contribution in [0.5, 0.6) is 0 Å². The Morgan fingerprint density at radius 3 is 1.89 bits per heavy atom. The molecule has 0 bridgehead atoms. The highest BCUT2D eigenvalue weighted by Crippen LogP contribution is 2.57. The van der Waals surface area contributed by atoms with Crippen molar-refractivity contribution in [3.8, 4) is 34.9 Å². The number of nitrogens with one attached hydrogen (secondary N) is 4. The largest absolute Gasteiger partial charge is 0.453 e. The van der Waals surface area contributed by atoms with Gasteiger partial charge in [-0.1, -0.05) is 110 Å². The number of terminal acetylenes is 1. The Hall–Kier alpha value is -6.23. The molecule has 2 aromatic carbocycles. The van der Waals surface area contributed by atoms with Gasteiger partial charge < -0.3 is 35.0 Å². The molecule has 14 heteroatoms. The maximum atomic E-state index is 14.0. The second-order valence-electron chi connectivity index (χ2n) is 18.3. The molecular formula is C49H61N8O6+. The number of imidazole rings is 2. The van der Waals surface area contributed by atoms with Crippen molar-refractivity contribution in [1.82, 2.24) is 35.5 Å². The summed E-state index contributed by atoms with van der Waals surface area (Å²) in [5.74, 6) is 4.98. The van der Waals surface area contributed by atoms with E-state index in [1.807, 2.05) is 50.9 Å². The van der Waals surface area contributed by atoms with Crippen molar-refractivity contribution in [2.24, 2.45) is 35.5 Å². The normalized spacial score (nSPS) is 23.0. The van der Waals surface area contributed by atoms with E-state index >= 15 is 0 Å². The highest BCUT2D eigenvalue weighted by Gasteiger charge is 2.61. The van der Waals surface area contributed by atoms with Gasteiger partial charge in [0.2, 0.25) is 12.5 Å². The molecule has 2 aromatic heterocycles. The van der Waals surface area contributed by atoms with Crippen LogP contribution in [0.15, 0.2) is 60.9 Å². The quantitative estimate of drug-likeness (QED) is 0.0749. The lowest BCUT2D eigenvalue weighted by atomic mass is 9.82. The van der Waals surface area contributed by atoms with Gasteiger partial charge in [0.15, 0.2) is 17.6 Å². The summed E-state index contributed by atoms with van der Waals surface area (Å²) in [7, 11) is 2.59. The number of hydrogen-bond acceptors (Lipinski definition) is 8. The van der Waals surface area contributed by atoms with Crippen LogP contribution < -0.4 is 10.6 Å². The van der Waals surface area contributed by atoms with Crippen LogP contribution in [-0.4, -0.2) is 91.5 Å². The monoisotopic (exact) mass is 857 g/mol. The number of carbonyl (C=O) groups is 4. The minimum atomic E-state index is -0.743. The van der Waals surface area contributed by atoms with Gasteiger partial charge >= 0.3 is 18.1 Å². The van der Waals surface area contributed by atoms with E-state index in [1.54, 1.807) is 10.8 Å². The summed E-state index contributed by atoms with van der Waals surface area (Å²) in [5.41, 5.74) is 6.72. The molecule has 2 aliphatic carbocycles. The lowest BCUT2D eigenvalue weighted by molar-refractivity contribution is -0.467. The van der Waals surface area contributed by atoms with Crippen LogP contribution in [0.4, 0.5) is 9.59 Å². The zero-order valence-corrected chi connectivity index (χ0v) is 37.9. The molecule has 7 rings (SSSR count). The molecule has 3 heterocycles. The predicted molar refractivity (Wildman–Crippen MR) is 239 cm³/mol. The van der Waals surface area contributed by atoms with E-state index in [4.69, 9.17) is 20.9 Å². The summed E-state index contributed by atoms with van der Waals surface area (Å²) in [6.45, 7) is 16.4. The first kappa shape index (κ1) is 44.8. The molecular weight excluding hydrogens is 797 g/mol. The van der Waals surface area contributed by atoms with E-state index in [1.165, 1.54) is 14.2 Å². The fourth-order valence-electron chi connectivity index (χ4n) is 9.47. The number of likely N-dealkylation sites (tertiary alicyclic amines) is 1. The van der Waals surface area contributed by atoms with Crippen LogP contribution in [0.3, 0.4) is 0 Å². The van der Waals surface area contributed by atoms with Gasteiger partial charge in [-0.2, -0.15) is 4.58 Å². The SMILES string of the molecule is C#CC(c1ccc(-c2cnc(C[N+](C(=O)C(NC(=O)OC)C(C)C)=C3C(C)C3C)[nH]2)cc1)C(C)c1ccc(-c2cnc(C3CC4C(C)C4N3C(=O)C(NC(=O)OC)C(C)C)[nH]2)cc1. The zero-order valence-electron chi connectivity index (χ0n) is 37.9. The van der Waals surface area contributed by atoms with Crippen LogP contribution in [-0.2, 0) is 25.6 Å². The summed E-state index contributed by atoms with van der Waals surface area (Å²) in [4.78, 5) is 70.3. The van der Waals surface area contributed by atoms with Crippen molar-refractivity contribution in [2.75, 3.05) is 14.2 Å². The minimum absolute atomic E-state index is 0.0156. The third-order valence-corrected chi connectivity index (χ3v) is 13.7. The number of hydrogen-bond donors (Lipinski definition) is 4. The van der Waals surface area contributed by atoms with Gasteiger partial charge in [-0.05, 0) is 58.3 Å². The predicted octanol–water partition coefficient (Wildman–Crippen LogP) is 7.42. The van der Waals surface area contributed by atoms with E-state index < -0.39 is 24.3 Å². The molecule has 4 N–H and O–H groups in total. The van der Waals surface area contributed by atoms with Gasteiger partial charge in [0, 0.05) is 17.9 Å². The lowest BCUT2D eigenvalue weighted by Crippen LogP contribution is -2.52. The molecule has 3 aliphatic rings. The summed E-state index contributed by atoms with van der Waals surface area (Å²) >= 11 is 0. The Kier molecular flexibility index (Phi) is 13.0. The van der Waals surface area contributed by atoms with Crippen molar-refractivity contribution in [2.45, 2.75) is 104 Å². The molecule has 3 fully saturated rings. The second-order valence-corrected chi connectivity index (χ2v) is 18.3. The standard InChI is InChI=1S/C49H60N8O6/c1-12-35(32-15-19-33(20-16-32)37-22-50-40(52-37)24-56(43-27(6)28(43)7)46(58)41(25(2)3)54-48(60)62-10)29(8)31-13-17-34(18-14-31)38-23-51-45(53-38)39-21-36-30(9)44(36)57(39)47(59)42(26(4)5)55-49(61)63-11/h1,13-20,22-23,25-30,35-36,39,41-42,44H,21,24H2,2-11H3,(H3-,50,51,52,53,54,55,60,61)/p+1. The van der Waals surface area contributed by atoms with E-state index in [9.17, 15) is 19.2 Å². The van der Waals surface area contributed by atoms with E-state index in [0.717, 1.165) is 51.6 Å². The molecule has 14 nitrogen and oxygen atoms in total. The summed E-state index contributed by atoms with van der Waals surface area (Å²) in [6, 6.07) is 15.0. The number of nitrogens with zero attached hydrogens (tertiary/aromatic N) is 4. The number of rotatable bonds is 14. The van der Waals surface area contributed by atoms with Crippen LogP contribution in [0.2, 0.25) is 0 Å². The number of aromatic amines is 2. The summed E-state index contributed by atoms with van der Waals surface area (Å²) in [5, 5.41) is 5.46. The Morgan fingerprint density at radius 2 is 1.35 bits per heavy atom. The Balaban J connectivity index is 1.02. The Morgan fingerprint density at radius 1 is 0.810 bits per heavy atom. The summed E-state index contributed by atoms with van der Waals surface area (Å²) < 4.78 is 11.4. The highest BCUT2D eigenvalue weighted by atomic mass is 16.5. The molecule has 0 spiro atoms. The lowest BCUT2D eigenvalue weighted by Gasteiger charge is -2.32. The van der Waals surface area contributed by atoms with Crippen molar-refractivity contribution in [3.05, 3.63) is 83.7 Å². The van der Waals surface area contributed by atoms with Gasteiger partial charge in [-0.15, -0.1) is 6.42 Å². The molecule has 1 saturated heterocycles. The first-order chi connectivity index (χ1) is 30.1. The number of ether oxygens (including phenoxy) is 2. The highest BCUT2D eigenvalue weighted by molar-refractivity contribution is 6.02. The third kappa shape index (κ3) is 9.01. The smallest absolute Gasteiger partial charge is 0.410 e. The molecule has 10 atom stereocenters. The fourth-order valence-corrected chi connectivity index (χ4v) is 9.47. The number of aromatic nitrogens is 4. The molecule has 10 unspecified atom stereocenters. The number of benzene rings is 2. The maximum Gasteiger partial charge on any atom is 0.410 e. The van der Waals surface area contributed by atoms with Crippen LogP contribution in [0.1, 0.15) is 102 Å². The number of alkyl carbamates (subject to hydrolysis) is 2. The molecule has 63 heavy (non-hydrogen) atoms. The van der Waals surface area contributed by atoms with Crippen molar-refractivity contribution >= 4 is 29.7 Å². The van der Waals surface area contributed by atoms with Gasteiger partial charge in [0.25, 0.3) is 0 Å². The zero-order chi connectivity index (χ0) is 45.4. The van der Waals surface area contributed by atoms with Crippen LogP contribution in [0, 0.1) is 47.9 Å². The Bertz CT molecular complexity index is 2400. The second kappa shape index (κ2) is 18.2. The molecule has 4 aromatic rings. The first-order valence-electron chi connectivity index (χ1n) is 22.0. The number of H-pyrrole nitrogens is 2. The topological polar surface area (TPSA) is 174 Å². The molecule has 2 saturated carbocycles. The maximum absolute atomic E-state index is 14.0. The van der Waals surface area contributed by atoms with Gasteiger partial charge in [0.1, 0.15) is 11.9 Å². The first-order valence-corrected chi connectivity index (χ1v) is 22.0. The van der Waals surface area contributed by atoms with Crippen molar-refractivity contribution in [1.29, 1.82) is 0 Å². The van der Waals surface area contributed by atoms with E-state index in [2.05, 4.69) is 95.6 Å². The molecule has 4 amide bonds. The Labute approximate surface area is 370 Å². The van der Waals surface area contributed by atoms with E-state index in [0.29, 0.717) is 17.7 Å². The van der Waals surface area contributed by atoms with E-state index in [-0.39, 0.29) is 66.0 Å². The van der Waals surface area contributed by atoms with Gasteiger partial charge in [-0.25, -0.2) is 24.4 Å². The number of amides is 4. The minimum Gasteiger partial charge on any atom is -0.453 e. The number of piperidine rings is 1. The fraction of sp³-hybridized carbons (Fsp3) is 0.490. The van der Waals surface area contributed by atoms with Gasteiger partial charge in [-0.3, -0.25) is 4.79 Å². The number of methoxy groups -OCH3 is 2. The van der Waals surface area contributed by atoms with Crippen LogP contribution >= 0.6 is 0 Å². The third-order valence-electron chi connectivity index (χ3n) is 13.7. The van der Waals surface area contributed by atoms with Gasteiger partial charge in [0.05, 0.1) is 50.0 Å². The number of fused-ring (bicyclic) bond motifs is 1. The van der Waals surface area contributed by atoms with Crippen molar-refractivity contribution in [3.63, 3.8) is 0 Å².